The van der Waals surface area contributed by atoms with Crippen molar-refractivity contribution in [3.63, 3.8) is 0 Å². The van der Waals surface area contributed by atoms with Gasteiger partial charge in [-0.05, 0) is 48.8 Å². The molecule has 0 saturated carbocycles. The lowest BCUT2D eigenvalue weighted by Gasteiger charge is -2.16. The fraction of sp³-hybridized carbons (Fsp3) is 0.385. The number of amides is 2. The zero-order valence-corrected chi connectivity index (χ0v) is 12.2. The van der Waals surface area contributed by atoms with Gasteiger partial charge in [-0.15, -0.1) is 0 Å². The van der Waals surface area contributed by atoms with Crippen molar-refractivity contribution >= 4 is 27.7 Å². The van der Waals surface area contributed by atoms with Crippen LogP contribution in [0.2, 0.25) is 0 Å². The standard InChI is InChI=1S/C13H17BrN2O2/c1-8(2)15-12(17)9(3)16-13(18)10-6-4-5-7-11(10)14/h4-9H,1-3H3,(H,15,17)(H,16,18). The van der Waals surface area contributed by atoms with Crippen LogP contribution >= 0.6 is 15.9 Å². The third-order valence-electron chi connectivity index (χ3n) is 2.29. The number of hydrogen-bond acceptors (Lipinski definition) is 2. The molecule has 0 saturated heterocycles. The van der Waals surface area contributed by atoms with Crippen LogP contribution in [-0.2, 0) is 4.79 Å². The Labute approximate surface area is 115 Å². The molecule has 1 aromatic carbocycles. The van der Waals surface area contributed by atoms with E-state index >= 15 is 0 Å². The molecule has 18 heavy (non-hydrogen) atoms. The number of benzene rings is 1. The second-order valence-corrected chi connectivity index (χ2v) is 5.19. The molecule has 0 spiro atoms. The van der Waals surface area contributed by atoms with Crippen LogP contribution in [0.25, 0.3) is 0 Å². The van der Waals surface area contributed by atoms with E-state index < -0.39 is 6.04 Å². The van der Waals surface area contributed by atoms with E-state index in [0.29, 0.717) is 10.0 Å². The Bertz CT molecular complexity index is 446. The zero-order chi connectivity index (χ0) is 13.7. The van der Waals surface area contributed by atoms with Crippen LogP contribution < -0.4 is 10.6 Å². The molecule has 5 heteroatoms. The molecule has 2 amide bonds. The lowest BCUT2D eigenvalue weighted by molar-refractivity contribution is -0.123. The normalized spacial score (nSPS) is 12.1. The Kier molecular flexibility index (Phi) is 5.34. The van der Waals surface area contributed by atoms with Crippen LogP contribution in [0.5, 0.6) is 0 Å². The molecule has 0 heterocycles. The van der Waals surface area contributed by atoms with E-state index in [9.17, 15) is 9.59 Å². The predicted octanol–water partition coefficient (Wildman–Crippen LogP) is 2.09. The molecular weight excluding hydrogens is 296 g/mol. The summed E-state index contributed by atoms with van der Waals surface area (Å²) in [5, 5.41) is 5.41. The van der Waals surface area contributed by atoms with Gasteiger partial charge >= 0.3 is 0 Å². The second-order valence-electron chi connectivity index (χ2n) is 4.34. The molecule has 1 aromatic rings. The highest BCUT2D eigenvalue weighted by molar-refractivity contribution is 9.10. The van der Waals surface area contributed by atoms with Crippen molar-refractivity contribution in [3.05, 3.63) is 34.3 Å². The largest absolute Gasteiger partial charge is 0.352 e. The van der Waals surface area contributed by atoms with Crippen LogP contribution in [0, 0.1) is 0 Å². The Morgan fingerprint density at radius 3 is 2.28 bits per heavy atom. The minimum Gasteiger partial charge on any atom is -0.352 e. The summed E-state index contributed by atoms with van der Waals surface area (Å²) < 4.78 is 0.707. The van der Waals surface area contributed by atoms with Gasteiger partial charge in [0.15, 0.2) is 0 Å². The molecule has 0 aromatic heterocycles. The van der Waals surface area contributed by atoms with Crippen molar-refractivity contribution in [2.75, 3.05) is 0 Å². The highest BCUT2D eigenvalue weighted by Gasteiger charge is 2.18. The molecule has 0 bridgehead atoms. The van der Waals surface area contributed by atoms with Crippen LogP contribution in [-0.4, -0.2) is 23.9 Å². The summed E-state index contributed by atoms with van der Waals surface area (Å²) in [6, 6.07) is 6.58. The average molecular weight is 313 g/mol. The zero-order valence-electron chi connectivity index (χ0n) is 10.7. The number of carbonyl (C=O) groups excluding carboxylic acids is 2. The van der Waals surface area contributed by atoms with E-state index in [0.717, 1.165) is 0 Å². The SMILES string of the molecule is CC(C)NC(=O)C(C)NC(=O)c1ccccc1Br. The summed E-state index contributed by atoms with van der Waals surface area (Å²) in [4.78, 5) is 23.6. The van der Waals surface area contributed by atoms with Crippen molar-refractivity contribution in [2.45, 2.75) is 32.9 Å². The third kappa shape index (κ3) is 4.14. The Morgan fingerprint density at radius 2 is 1.72 bits per heavy atom. The molecule has 0 aliphatic rings. The average Bonchev–Trinajstić information content (AvgIpc) is 2.28. The maximum absolute atomic E-state index is 11.9. The Balaban J connectivity index is 2.65. The van der Waals surface area contributed by atoms with Gasteiger partial charge in [0.1, 0.15) is 6.04 Å². The maximum atomic E-state index is 11.9. The molecule has 4 nitrogen and oxygen atoms in total. The van der Waals surface area contributed by atoms with Crippen LogP contribution in [0.4, 0.5) is 0 Å². The van der Waals surface area contributed by atoms with Crippen molar-refractivity contribution < 1.29 is 9.59 Å². The molecule has 1 atom stereocenters. The monoisotopic (exact) mass is 312 g/mol. The minimum atomic E-state index is -0.563. The van der Waals surface area contributed by atoms with E-state index in [4.69, 9.17) is 0 Å². The molecule has 0 fully saturated rings. The van der Waals surface area contributed by atoms with Gasteiger partial charge in [0.2, 0.25) is 5.91 Å². The lowest BCUT2D eigenvalue weighted by atomic mass is 10.2. The van der Waals surface area contributed by atoms with Gasteiger partial charge in [-0.25, -0.2) is 0 Å². The molecule has 98 valence electrons. The number of hydrogen-bond donors (Lipinski definition) is 2. The number of nitrogens with one attached hydrogen (secondary N) is 2. The van der Waals surface area contributed by atoms with Crippen molar-refractivity contribution in [1.29, 1.82) is 0 Å². The fourth-order valence-electron chi connectivity index (χ4n) is 1.39. The van der Waals surface area contributed by atoms with Crippen LogP contribution in [0.3, 0.4) is 0 Å². The Morgan fingerprint density at radius 1 is 1.11 bits per heavy atom. The summed E-state index contributed by atoms with van der Waals surface area (Å²) in [5.74, 6) is -0.459. The predicted molar refractivity (Wildman–Crippen MR) is 74.3 cm³/mol. The summed E-state index contributed by atoms with van der Waals surface area (Å²) in [6.07, 6.45) is 0. The van der Waals surface area contributed by atoms with Gasteiger partial charge in [-0.3, -0.25) is 9.59 Å². The van der Waals surface area contributed by atoms with Gasteiger partial charge in [-0.1, -0.05) is 12.1 Å². The molecule has 0 aliphatic carbocycles. The number of carbonyl (C=O) groups is 2. The summed E-state index contributed by atoms with van der Waals surface area (Å²) in [7, 11) is 0. The quantitative estimate of drug-likeness (QED) is 0.894. The summed E-state index contributed by atoms with van der Waals surface area (Å²) in [6.45, 7) is 5.41. The maximum Gasteiger partial charge on any atom is 0.253 e. The van der Waals surface area contributed by atoms with Gasteiger partial charge in [0.05, 0.1) is 5.56 Å². The van der Waals surface area contributed by atoms with Gasteiger partial charge in [-0.2, -0.15) is 0 Å². The number of halogens is 1. The van der Waals surface area contributed by atoms with E-state index in [1.807, 2.05) is 19.9 Å². The fourth-order valence-corrected chi connectivity index (χ4v) is 1.86. The smallest absolute Gasteiger partial charge is 0.253 e. The number of rotatable bonds is 4. The lowest BCUT2D eigenvalue weighted by Crippen LogP contribution is -2.46. The minimum absolute atomic E-state index is 0.0558. The first-order valence-electron chi connectivity index (χ1n) is 5.77. The van der Waals surface area contributed by atoms with E-state index in [-0.39, 0.29) is 17.9 Å². The second kappa shape index (κ2) is 6.54. The molecule has 1 rings (SSSR count). The van der Waals surface area contributed by atoms with Crippen LogP contribution in [0.15, 0.2) is 28.7 Å². The third-order valence-corrected chi connectivity index (χ3v) is 2.98. The van der Waals surface area contributed by atoms with E-state index in [1.165, 1.54) is 0 Å². The molecule has 0 aliphatic heterocycles. The van der Waals surface area contributed by atoms with Crippen molar-refractivity contribution in [2.24, 2.45) is 0 Å². The van der Waals surface area contributed by atoms with Gasteiger partial charge < -0.3 is 10.6 Å². The van der Waals surface area contributed by atoms with Gasteiger partial charge in [0, 0.05) is 10.5 Å². The first-order chi connectivity index (χ1) is 8.41. The highest BCUT2D eigenvalue weighted by atomic mass is 79.9. The molecule has 2 N–H and O–H groups in total. The Hall–Kier alpha value is -1.36. The highest BCUT2D eigenvalue weighted by Crippen LogP contribution is 2.15. The first-order valence-corrected chi connectivity index (χ1v) is 6.57. The van der Waals surface area contributed by atoms with Gasteiger partial charge in [0.25, 0.3) is 5.91 Å². The molecule has 0 radical (unpaired) electrons. The topological polar surface area (TPSA) is 58.2 Å². The first kappa shape index (κ1) is 14.7. The van der Waals surface area contributed by atoms with E-state index in [1.54, 1.807) is 25.1 Å². The molecular formula is C13H17BrN2O2. The van der Waals surface area contributed by atoms with Crippen molar-refractivity contribution in [1.82, 2.24) is 10.6 Å². The summed E-state index contributed by atoms with van der Waals surface area (Å²) >= 11 is 3.30. The summed E-state index contributed by atoms with van der Waals surface area (Å²) in [5.41, 5.74) is 0.515. The van der Waals surface area contributed by atoms with Crippen molar-refractivity contribution in [3.8, 4) is 0 Å². The van der Waals surface area contributed by atoms with E-state index in [2.05, 4.69) is 26.6 Å². The molecule has 1 unspecified atom stereocenters. The van der Waals surface area contributed by atoms with Crippen LogP contribution in [0.1, 0.15) is 31.1 Å².